The van der Waals surface area contributed by atoms with Crippen LogP contribution in [0, 0.1) is 0 Å². The molecule has 0 saturated carbocycles. The van der Waals surface area contributed by atoms with Gasteiger partial charge in [-0.3, -0.25) is 14.4 Å². The van der Waals surface area contributed by atoms with Gasteiger partial charge in [0.25, 0.3) is 5.91 Å². The maximum absolute atomic E-state index is 12.5. The van der Waals surface area contributed by atoms with Crippen LogP contribution in [0.3, 0.4) is 0 Å². The first kappa shape index (κ1) is 23.3. The van der Waals surface area contributed by atoms with Gasteiger partial charge in [-0.05, 0) is 55.7 Å². The third-order valence-electron chi connectivity index (χ3n) is 5.39. The molecule has 0 aliphatic carbocycles. The number of nitrogens with zero attached hydrogens (tertiary/aromatic N) is 1. The second-order valence-electron chi connectivity index (χ2n) is 8.07. The van der Waals surface area contributed by atoms with Gasteiger partial charge >= 0.3 is 0 Å². The van der Waals surface area contributed by atoms with Crippen molar-refractivity contribution >= 4 is 34.8 Å². The van der Waals surface area contributed by atoms with Gasteiger partial charge in [0, 0.05) is 42.1 Å². The monoisotopic (exact) mass is 436 g/mol. The molecule has 1 heterocycles. The van der Waals surface area contributed by atoms with E-state index in [0.717, 1.165) is 50.9 Å². The standard InChI is InChI=1S/C25H32N4O3/c1-2-3-4-13-23(30)27-21-11-8-12-22(17-21)28-24(31)18-26-20-10-7-9-19(16-20)25(32)29-14-5-6-15-29/h7-12,16-17,26H,2-6,13-15,18H2,1H3,(H,27,30)(H,28,31). The molecule has 170 valence electrons. The molecule has 1 aliphatic heterocycles. The van der Waals surface area contributed by atoms with Crippen molar-refractivity contribution in [3.63, 3.8) is 0 Å². The minimum absolute atomic E-state index is 0.0213. The molecule has 7 heteroatoms. The van der Waals surface area contributed by atoms with E-state index in [-0.39, 0.29) is 24.3 Å². The molecule has 3 rings (SSSR count). The zero-order valence-electron chi connectivity index (χ0n) is 18.7. The number of likely N-dealkylation sites (tertiary alicyclic amines) is 1. The molecule has 0 bridgehead atoms. The fourth-order valence-corrected chi connectivity index (χ4v) is 3.69. The Kier molecular flexibility index (Phi) is 8.66. The van der Waals surface area contributed by atoms with Gasteiger partial charge in [-0.15, -0.1) is 0 Å². The maximum Gasteiger partial charge on any atom is 0.253 e. The van der Waals surface area contributed by atoms with E-state index in [1.165, 1.54) is 0 Å². The summed E-state index contributed by atoms with van der Waals surface area (Å²) in [5.74, 6) is -0.205. The Morgan fingerprint density at radius 1 is 0.844 bits per heavy atom. The molecule has 0 atom stereocenters. The van der Waals surface area contributed by atoms with Crippen molar-refractivity contribution < 1.29 is 14.4 Å². The van der Waals surface area contributed by atoms with Gasteiger partial charge in [-0.25, -0.2) is 0 Å². The van der Waals surface area contributed by atoms with Crippen molar-refractivity contribution in [2.45, 2.75) is 45.4 Å². The zero-order valence-corrected chi connectivity index (χ0v) is 18.7. The molecule has 3 amide bonds. The molecule has 3 N–H and O–H groups in total. The second-order valence-corrected chi connectivity index (χ2v) is 8.07. The largest absolute Gasteiger partial charge is 0.376 e. The van der Waals surface area contributed by atoms with E-state index in [9.17, 15) is 14.4 Å². The molecular formula is C25H32N4O3. The number of benzene rings is 2. The lowest BCUT2D eigenvalue weighted by molar-refractivity contribution is -0.116. The number of rotatable bonds is 10. The molecule has 0 aromatic heterocycles. The van der Waals surface area contributed by atoms with E-state index < -0.39 is 0 Å². The van der Waals surface area contributed by atoms with Crippen LogP contribution < -0.4 is 16.0 Å². The van der Waals surface area contributed by atoms with E-state index >= 15 is 0 Å². The first-order valence-electron chi connectivity index (χ1n) is 11.4. The molecule has 0 spiro atoms. The van der Waals surface area contributed by atoms with Gasteiger partial charge in [0.1, 0.15) is 0 Å². The normalized spacial score (nSPS) is 13.0. The van der Waals surface area contributed by atoms with E-state index in [0.29, 0.717) is 23.4 Å². The summed E-state index contributed by atoms with van der Waals surface area (Å²) in [4.78, 5) is 38.8. The quantitative estimate of drug-likeness (QED) is 0.479. The van der Waals surface area contributed by atoms with Crippen LogP contribution in [0.15, 0.2) is 48.5 Å². The lowest BCUT2D eigenvalue weighted by Gasteiger charge is -2.16. The number of hydrogen-bond acceptors (Lipinski definition) is 4. The summed E-state index contributed by atoms with van der Waals surface area (Å²) >= 11 is 0. The predicted octanol–water partition coefficient (Wildman–Crippen LogP) is 4.49. The zero-order chi connectivity index (χ0) is 22.8. The van der Waals surface area contributed by atoms with Crippen LogP contribution in [0.1, 0.15) is 55.8 Å². The highest BCUT2D eigenvalue weighted by molar-refractivity contribution is 5.97. The summed E-state index contributed by atoms with van der Waals surface area (Å²) in [6.07, 6.45) is 5.57. The van der Waals surface area contributed by atoms with Crippen LogP contribution in [0.4, 0.5) is 17.1 Å². The third-order valence-corrected chi connectivity index (χ3v) is 5.39. The Bertz CT molecular complexity index is 938. The summed E-state index contributed by atoms with van der Waals surface area (Å²) in [6.45, 7) is 3.77. The first-order valence-corrected chi connectivity index (χ1v) is 11.4. The van der Waals surface area contributed by atoms with E-state index in [4.69, 9.17) is 0 Å². The molecule has 1 saturated heterocycles. The van der Waals surface area contributed by atoms with E-state index in [2.05, 4.69) is 22.9 Å². The Morgan fingerprint density at radius 2 is 1.50 bits per heavy atom. The number of anilines is 3. The van der Waals surface area contributed by atoms with Crippen LogP contribution in [0.2, 0.25) is 0 Å². The van der Waals surface area contributed by atoms with Crippen LogP contribution in [0.5, 0.6) is 0 Å². The number of carbonyl (C=O) groups excluding carboxylic acids is 3. The predicted molar refractivity (Wildman–Crippen MR) is 128 cm³/mol. The SMILES string of the molecule is CCCCCC(=O)Nc1cccc(NC(=O)CNc2cccc(C(=O)N3CCCC3)c2)c1. The van der Waals surface area contributed by atoms with Gasteiger partial charge in [0.15, 0.2) is 0 Å². The van der Waals surface area contributed by atoms with Crippen LogP contribution in [-0.4, -0.2) is 42.3 Å². The highest BCUT2D eigenvalue weighted by Crippen LogP contribution is 2.18. The Labute approximate surface area is 189 Å². The van der Waals surface area contributed by atoms with Gasteiger partial charge < -0.3 is 20.9 Å². The molecule has 7 nitrogen and oxygen atoms in total. The summed E-state index contributed by atoms with van der Waals surface area (Å²) in [5.41, 5.74) is 2.62. The summed E-state index contributed by atoms with van der Waals surface area (Å²) in [5, 5.41) is 8.78. The fourth-order valence-electron chi connectivity index (χ4n) is 3.69. The van der Waals surface area contributed by atoms with Gasteiger partial charge in [0.05, 0.1) is 6.54 Å². The smallest absolute Gasteiger partial charge is 0.253 e. The van der Waals surface area contributed by atoms with Crippen molar-refractivity contribution in [1.82, 2.24) is 4.90 Å². The molecule has 2 aromatic carbocycles. The lowest BCUT2D eigenvalue weighted by atomic mass is 10.1. The van der Waals surface area contributed by atoms with E-state index in [1.807, 2.05) is 17.0 Å². The van der Waals surface area contributed by atoms with Crippen molar-refractivity contribution in [3.8, 4) is 0 Å². The Balaban J connectivity index is 1.49. The number of amides is 3. The minimum atomic E-state index is -0.215. The molecule has 1 aliphatic rings. The maximum atomic E-state index is 12.5. The summed E-state index contributed by atoms with van der Waals surface area (Å²) in [7, 11) is 0. The van der Waals surface area contributed by atoms with Crippen LogP contribution in [-0.2, 0) is 9.59 Å². The fraction of sp³-hybridized carbons (Fsp3) is 0.400. The molecule has 2 aromatic rings. The number of carbonyl (C=O) groups is 3. The molecule has 1 fully saturated rings. The van der Waals surface area contributed by atoms with Crippen molar-refractivity contribution in [1.29, 1.82) is 0 Å². The highest BCUT2D eigenvalue weighted by atomic mass is 16.2. The average Bonchev–Trinajstić information content (AvgIpc) is 3.33. The topological polar surface area (TPSA) is 90.5 Å². The van der Waals surface area contributed by atoms with E-state index in [1.54, 1.807) is 36.4 Å². The molecule has 32 heavy (non-hydrogen) atoms. The van der Waals surface area contributed by atoms with Crippen molar-refractivity contribution in [2.24, 2.45) is 0 Å². The second kappa shape index (κ2) is 11.9. The number of nitrogens with one attached hydrogen (secondary N) is 3. The number of hydrogen-bond donors (Lipinski definition) is 3. The third kappa shape index (κ3) is 7.11. The highest BCUT2D eigenvalue weighted by Gasteiger charge is 2.19. The molecule has 0 unspecified atom stereocenters. The summed E-state index contributed by atoms with van der Waals surface area (Å²) in [6, 6.07) is 14.3. The number of unbranched alkanes of at least 4 members (excludes halogenated alkanes) is 2. The Morgan fingerprint density at radius 3 is 2.22 bits per heavy atom. The van der Waals surface area contributed by atoms with Gasteiger partial charge in [-0.1, -0.05) is 31.9 Å². The van der Waals surface area contributed by atoms with Gasteiger partial charge in [-0.2, -0.15) is 0 Å². The van der Waals surface area contributed by atoms with Crippen LogP contribution >= 0.6 is 0 Å². The summed E-state index contributed by atoms with van der Waals surface area (Å²) < 4.78 is 0. The first-order chi connectivity index (χ1) is 15.5. The molecular weight excluding hydrogens is 404 g/mol. The van der Waals surface area contributed by atoms with Crippen molar-refractivity contribution in [2.75, 3.05) is 35.6 Å². The lowest BCUT2D eigenvalue weighted by Crippen LogP contribution is -2.27. The Hall–Kier alpha value is -3.35. The van der Waals surface area contributed by atoms with Crippen molar-refractivity contribution in [3.05, 3.63) is 54.1 Å². The van der Waals surface area contributed by atoms with Gasteiger partial charge in [0.2, 0.25) is 11.8 Å². The molecule has 0 radical (unpaired) electrons. The average molecular weight is 437 g/mol. The van der Waals surface area contributed by atoms with Crippen LogP contribution in [0.25, 0.3) is 0 Å². The minimum Gasteiger partial charge on any atom is -0.376 e.